The Balaban J connectivity index is 2.00. The van der Waals surface area contributed by atoms with E-state index in [4.69, 9.17) is 5.73 Å². The quantitative estimate of drug-likeness (QED) is 0.878. The molecule has 1 fully saturated rings. The van der Waals surface area contributed by atoms with Gasteiger partial charge < -0.3 is 10.3 Å². The van der Waals surface area contributed by atoms with Gasteiger partial charge in [0, 0.05) is 12.2 Å². The highest BCUT2D eigenvalue weighted by atomic mass is 32.2. The average molecular weight is 290 g/mol. The molecule has 0 bridgehead atoms. The Morgan fingerprint density at radius 2 is 2.20 bits per heavy atom. The van der Waals surface area contributed by atoms with E-state index >= 15 is 0 Å². The van der Waals surface area contributed by atoms with E-state index in [-0.39, 0.29) is 11.7 Å². The summed E-state index contributed by atoms with van der Waals surface area (Å²) in [5.74, 6) is -0.0547. The first-order valence-electron chi connectivity index (χ1n) is 7.00. The number of carbonyl (C=O) groups is 1. The number of aromatic nitrogens is 3. The highest BCUT2D eigenvalue weighted by Crippen LogP contribution is 2.34. The minimum Gasteiger partial charge on any atom is -0.369 e. The molecule has 0 spiro atoms. The Hall–Kier alpha value is -1.56. The van der Waals surface area contributed by atoms with Crippen LogP contribution >= 0.6 is 11.8 Å². The molecule has 0 aliphatic heterocycles. The number of rotatable bonds is 4. The van der Waals surface area contributed by atoms with Gasteiger partial charge in [0.1, 0.15) is 5.52 Å². The number of imidazole rings is 1. The van der Waals surface area contributed by atoms with Crippen molar-refractivity contribution in [1.82, 2.24) is 14.5 Å². The highest BCUT2D eigenvalue weighted by Gasteiger charge is 2.22. The van der Waals surface area contributed by atoms with Crippen molar-refractivity contribution in [2.24, 2.45) is 5.73 Å². The van der Waals surface area contributed by atoms with Crippen LogP contribution in [0.25, 0.3) is 11.2 Å². The first-order chi connectivity index (χ1) is 9.75. The third kappa shape index (κ3) is 2.65. The molecule has 6 heteroatoms. The van der Waals surface area contributed by atoms with Gasteiger partial charge in [0.05, 0.1) is 5.75 Å². The SMILES string of the molecule is NC(=O)CSc1nc2cccnc2n1C1CCCCC1. The lowest BCUT2D eigenvalue weighted by Gasteiger charge is -2.24. The van der Waals surface area contributed by atoms with Gasteiger partial charge in [-0.15, -0.1) is 0 Å². The van der Waals surface area contributed by atoms with Gasteiger partial charge in [-0.05, 0) is 25.0 Å². The number of carbonyl (C=O) groups excluding carboxylic acids is 1. The minimum absolute atomic E-state index is 0.260. The fraction of sp³-hybridized carbons (Fsp3) is 0.500. The maximum absolute atomic E-state index is 11.0. The molecule has 0 saturated heterocycles. The first-order valence-corrected chi connectivity index (χ1v) is 7.98. The molecule has 5 nitrogen and oxygen atoms in total. The Kier molecular flexibility index (Phi) is 3.91. The summed E-state index contributed by atoms with van der Waals surface area (Å²) in [6, 6.07) is 4.30. The number of fused-ring (bicyclic) bond motifs is 1. The van der Waals surface area contributed by atoms with Gasteiger partial charge >= 0.3 is 0 Å². The third-order valence-electron chi connectivity index (χ3n) is 3.70. The van der Waals surface area contributed by atoms with Gasteiger partial charge in [-0.3, -0.25) is 4.79 Å². The number of nitrogens with two attached hydrogens (primary N) is 1. The molecule has 106 valence electrons. The molecule has 2 N–H and O–H groups in total. The molecule has 1 amide bonds. The van der Waals surface area contributed by atoms with Crippen LogP contribution in [0.4, 0.5) is 0 Å². The second-order valence-electron chi connectivity index (χ2n) is 5.16. The molecule has 2 aromatic rings. The lowest BCUT2D eigenvalue weighted by atomic mass is 9.95. The van der Waals surface area contributed by atoms with Gasteiger partial charge in [-0.1, -0.05) is 31.0 Å². The van der Waals surface area contributed by atoms with E-state index in [1.165, 1.54) is 31.0 Å². The van der Waals surface area contributed by atoms with Crippen LogP contribution in [0.1, 0.15) is 38.1 Å². The van der Waals surface area contributed by atoms with Crippen molar-refractivity contribution in [3.8, 4) is 0 Å². The molecule has 2 heterocycles. The monoisotopic (exact) mass is 290 g/mol. The van der Waals surface area contributed by atoms with E-state index in [0.29, 0.717) is 6.04 Å². The maximum atomic E-state index is 11.0. The van der Waals surface area contributed by atoms with Crippen LogP contribution in [0.15, 0.2) is 23.5 Å². The molecule has 1 aliphatic rings. The molecule has 0 atom stereocenters. The zero-order valence-corrected chi connectivity index (χ0v) is 12.1. The van der Waals surface area contributed by atoms with E-state index in [2.05, 4.69) is 14.5 Å². The fourth-order valence-corrected chi connectivity index (χ4v) is 3.62. The Labute approximate surface area is 122 Å². The number of hydrogen-bond donors (Lipinski definition) is 1. The summed E-state index contributed by atoms with van der Waals surface area (Å²) in [6.07, 6.45) is 7.92. The number of primary amides is 1. The van der Waals surface area contributed by atoms with Crippen LogP contribution in [-0.4, -0.2) is 26.2 Å². The minimum atomic E-state index is -0.315. The Bertz CT molecular complexity index is 619. The summed E-state index contributed by atoms with van der Waals surface area (Å²) >= 11 is 1.41. The molecular formula is C14H18N4OS. The van der Waals surface area contributed by atoms with Crippen molar-refractivity contribution in [2.45, 2.75) is 43.3 Å². The van der Waals surface area contributed by atoms with Crippen molar-refractivity contribution >= 4 is 28.8 Å². The van der Waals surface area contributed by atoms with Gasteiger partial charge in [0.15, 0.2) is 10.8 Å². The largest absolute Gasteiger partial charge is 0.369 e. The zero-order valence-electron chi connectivity index (χ0n) is 11.3. The van der Waals surface area contributed by atoms with Crippen molar-refractivity contribution in [3.05, 3.63) is 18.3 Å². The van der Waals surface area contributed by atoms with Crippen LogP contribution in [-0.2, 0) is 4.79 Å². The molecule has 0 radical (unpaired) electrons. The summed E-state index contributed by atoms with van der Waals surface area (Å²) in [7, 11) is 0. The summed E-state index contributed by atoms with van der Waals surface area (Å²) in [6.45, 7) is 0. The lowest BCUT2D eigenvalue weighted by molar-refractivity contribution is -0.115. The molecular weight excluding hydrogens is 272 g/mol. The molecule has 3 rings (SSSR count). The molecule has 1 saturated carbocycles. The van der Waals surface area contributed by atoms with Crippen LogP contribution < -0.4 is 5.73 Å². The smallest absolute Gasteiger partial charge is 0.227 e. The van der Waals surface area contributed by atoms with Crippen molar-refractivity contribution in [2.75, 3.05) is 5.75 Å². The fourth-order valence-electron chi connectivity index (χ4n) is 2.81. The second-order valence-corrected chi connectivity index (χ2v) is 6.10. The summed E-state index contributed by atoms with van der Waals surface area (Å²) in [4.78, 5) is 20.1. The predicted octanol–water partition coefficient (Wildman–Crippen LogP) is 2.51. The number of nitrogens with zero attached hydrogens (tertiary/aromatic N) is 3. The summed E-state index contributed by atoms with van der Waals surface area (Å²) in [5, 5.41) is 0.865. The third-order valence-corrected chi connectivity index (χ3v) is 4.67. The number of thioether (sulfide) groups is 1. The predicted molar refractivity (Wildman–Crippen MR) is 79.6 cm³/mol. The lowest BCUT2D eigenvalue weighted by Crippen LogP contribution is -2.16. The van der Waals surface area contributed by atoms with Gasteiger partial charge in [-0.2, -0.15) is 0 Å². The molecule has 0 aromatic carbocycles. The number of amides is 1. The van der Waals surface area contributed by atoms with Gasteiger partial charge in [0.2, 0.25) is 5.91 Å². The van der Waals surface area contributed by atoms with Crippen molar-refractivity contribution in [3.63, 3.8) is 0 Å². The van der Waals surface area contributed by atoms with Crippen molar-refractivity contribution in [1.29, 1.82) is 0 Å². The molecule has 1 aliphatic carbocycles. The average Bonchev–Trinajstić information content (AvgIpc) is 2.84. The molecule has 0 unspecified atom stereocenters. The summed E-state index contributed by atoms with van der Waals surface area (Å²) in [5.41, 5.74) is 7.07. The Morgan fingerprint density at radius 3 is 2.95 bits per heavy atom. The van der Waals surface area contributed by atoms with E-state index < -0.39 is 0 Å². The normalized spacial score (nSPS) is 16.6. The Morgan fingerprint density at radius 1 is 1.40 bits per heavy atom. The van der Waals surface area contributed by atoms with Crippen LogP contribution in [0.2, 0.25) is 0 Å². The topological polar surface area (TPSA) is 73.8 Å². The maximum Gasteiger partial charge on any atom is 0.227 e. The zero-order chi connectivity index (χ0) is 13.9. The van der Waals surface area contributed by atoms with E-state index in [9.17, 15) is 4.79 Å². The van der Waals surface area contributed by atoms with Gasteiger partial charge in [0.25, 0.3) is 0 Å². The number of hydrogen-bond acceptors (Lipinski definition) is 4. The highest BCUT2D eigenvalue weighted by molar-refractivity contribution is 7.99. The van der Waals surface area contributed by atoms with Crippen LogP contribution in [0.5, 0.6) is 0 Å². The summed E-state index contributed by atoms with van der Waals surface area (Å²) < 4.78 is 2.21. The van der Waals surface area contributed by atoms with E-state index in [1.807, 2.05) is 12.1 Å². The van der Waals surface area contributed by atoms with Crippen molar-refractivity contribution < 1.29 is 4.79 Å². The van der Waals surface area contributed by atoms with Crippen LogP contribution in [0.3, 0.4) is 0 Å². The first kappa shape index (κ1) is 13.4. The molecule has 20 heavy (non-hydrogen) atoms. The van der Waals surface area contributed by atoms with Gasteiger partial charge in [-0.25, -0.2) is 9.97 Å². The molecule has 2 aromatic heterocycles. The number of pyridine rings is 1. The van der Waals surface area contributed by atoms with E-state index in [1.54, 1.807) is 6.20 Å². The van der Waals surface area contributed by atoms with Crippen LogP contribution in [0, 0.1) is 0 Å². The standard InChI is InChI=1S/C14H18N4OS/c15-12(19)9-20-14-17-11-7-4-8-16-13(11)18(14)10-5-2-1-3-6-10/h4,7-8,10H,1-3,5-6,9H2,(H2,15,19). The second kappa shape index (κ2) is 5.83. The van der Waals surface area contributed by atoms with E-state index in [0.717, 1.165) is 29.2 Å².